The summed E-state index contributed by atoms with van der Waals surface area (Å²) in [6.45, 7) is 1.74. The first-order chi connectivity index (χ1) is 24.1. The van der Waals surface area contributed by atoms with Gasteiger partial charge >= 0.3 is 17.1 Å². The number of methoxy groups -OCH3 is 1. The number of ether oxygens (including phenoxy) is 2. The molecule has 0 saturated carbocycles. The number of aromatic hydroxyl groups is 2. The number of rotatable bonds is 8. The number of amides is 1. The van der Waals surface area contributed by atoms with Gasteiger partial charge in [-0.1, -0.05) is 36.4 Å². The highest BCUT2D eigenvalue weighted by molar-refractivity contribution is 5.98. The van der Waals surface area contributed by atoms with E-state index in [1.165, 1.54) is 17.7 Å². The minimum atomic E-state index is -0.928. The molecular formula is C38H41N3O9. The van der Waals surface area contributed by atoms with Crippen molar-refractivity contribution in [3.05, 3.63) is 104 Å². The SMILES string of the molecule is COc1ccc(C(CC(=O)NCCn2c(=O)c(=O)[nH]c3ccccc32)c2c(O)cc3c(c2O)C(=O)O[C@@H](C)CCCC(=O)CCCC=C3)cc1. The van der Waals surface area contributed by atoms with Crippen molar-refractivity contribution >= 4 is 34.8 Å². The minimum absolute atomic E-state index is 0.00424. The van der Waals surface area contributed by atoms with E-state index in [1.54, 1.807) is 67.6 Å². The molecule has 2 atom stereocenters. The number of phenolic OH excluding ortho intramolecular Hbond substituents is 2. The van der Waals surface area contributed by atoms with E-state index in [9.17, 15) is 34.2 Å². The van der Waals surface area contributed by atoms with Gasteiger partial charge in [-0.15, -0.1) is 0 Å². The van der Waals surface area contributed by atoms with Gasteiger partial charge in [-0.05, 0) is 74.1 Å². The monoisotopic (exact) mass is 683 g/mol. The molecule has 0 aliphatic carbocycles. The molecule has 50 heavy (non-hydrogen) atoms. The Kier molecular flexibility index (Phi) is 11.5. The number of hydrogen-bond acceptors (Lipinski definition) is 9. The average Bonchev–Trinajstić information content (AvgIpc) is 3.08. The fourth-order valence-electron chi connectivity index (χ4n) is 6.25. The van der Waals surface area contributed by atoms with E-state index < -0.39 is 40.8 Å². The van der Waals surface area contributed by atoms with E-state index in [1.807, 2.05) is 0 Å². The van der Waals surface area contributed by atoms with Crippen molar-refractivity contribution < 1.29 is 34.1 Å². The number of hydrogen-bond donors (Lipinski definition) is 4. The number of Topliss-reactive ketones (excluding diaryl/α,β-unsaturated/α-hetero) is 1. The Morgan fingerprint density at radius 1 is 1.06 bits per heavy atom. The molecule has 1 aliphatic rings. The molecule has 0 spiro atoms. The number of fused-ring (bicyclic) bond motifs is 2. The zero-order valence-electron chi connectivity index (χ0n) is 28.1. The van der Waals surface area contributed by atoms with Gasteiger partial charge in [0.2, 0.25) is 5.91 Å². The van der Waals surface area contributed by atoms with Crippen LogP contribution in [0.5, 0.6) is 17.2 Å². The molecule has 4 N–H and O–H groups in total. The van der Waals surface area contributed by atoms with Crippen LogP contribution in [0, 0.1) is 0 Å². The Morgan fingerprint density at radius 2 is 1.80 bits per heavy atom. The molecule has 3 aromatic carbocycles. The van der Waals surface area contributed by atoms with Crippen LogP contribution in [-0.2, 0) is 20.9 Å². The molecule has 1 unspecified atom stereocenters. The van der Waals surface area contributed by atoms with E-state index in [2.05, 4.69) is 10.3 Å². The minimum Gasteiger partial charge on any atom is -0.507 e. The van der Waals surface area contributed by atoms with Crippen molar-refractivity contribution in [2.45, 2.75) is 70.4 Å². The molecule has 1 amide bonds. The summed E-state index contributed by atoms with van der Waals surface area (Å²) in [5, 5.41) is 26.0. The number of carbonyl (C=O) groups is 3. The maximum Gasteiger partial charge on any atom is 0.342 e. The topological polar surface area (TPSA) is 177 Å². The van der Waals surface area contributed by atoms with Crippen LogP contribution in [-0.4, -0.2) is 57.2 Å². The number of nitrogens with zero attached hydrogens (tertiary/aromatic N) is 1. The summed E-state index contributed by atoms with van der Waals surface area (Å²) in [6, 6.07) is 15.0. The lowest BCUT2D eigenvalue weighted by Crippen LogP contribution is -2.39. The normalized spacial score (nSPS) is 16.2. The summed E-state index contributed by atoms with van der Waals surface area (Å²) in [6.07, 6.45) is 5.61. The molecule has 12 heteroatoms. The molecule has 5 rings (SSSR count). The maximum absolute atomic E-state index is 13.6. The quantitative estimate of drug-likeness (QED) is 0.148. The Bertz CT molecular complexity index is 2030. The molecule has 12 nitrogen and oxygen atoms in total. The summed E-state index contributed by atoms with van der Waals surface area (Å²) >= 11 is 0. The highest BCUT2D eigenvalue weighted by atomic mass is 16.5. The predicted molar refractivity (Wildman–Crippen MR) is 188 cm³/mol. The van der Waals surface area contributed by atoms with E-state index >= 15 is 0 Å². The molecule has 2 heterocycles. The number of H-pyrrole nitrogens is 1. The standard InChI is InChI=1S/C38H41N3O9/c1-23-9-8-12-26(42)11-5-3-4-10-25-21-31(43)34(35(45)33(25)38(48)50-23)28(24-15-17-27(49-2)18-16-24)22-32(44)39-19-20-41-30-14-7-6-13-29(30)40-36(46)37(41)47/h4,6-7,10,13-18,21,23,28,43,45H,3,5,8-9,11-12,19-20,22H2,1-2H3,(H,39,44)(H,40,46)/t23-,28?/m0/s1. The number of aromatic amines is 1. The Hall–Kier alpha value is -5.65. The van der Waals surface area contributed by atoms with Crippen molar-refractivity contribution in [2.75, 3.05) is 13.7 Å². The summed E-state index contributed by atoms with van der Waals surface area (Å²) in [5.74, 6) is -2.35. The van der Waals surface area contributed by atoms with Crippen LogP contribution in [0.15, 0.2) is 70.3 Å². The Morgan fingerprint density at radius 3 is 2.56 bits per heavy atom. The number of para-hydroxylation sites is 2. The van der Waals surface area contributed by atoms with E-state index in [0.29, 0.717) is 60.9 Å². The molecular weight excluding hydrogens is 642 g/mol. The van der Waals surface area contributed by atoms with Gasteiger partial charge in [0.05, 0.1) is 24.2 Å². The summed E-state index contributed by atoms with van der Waals surface area (Å²) in [5.41, 5.74) is 0.0569. The first-order valence-electron chi connectivity index (χ1n) is 16.7. The average molecular weight is 684 g/mol. The molecule has 0 radical (unpaired) electrons. The van der Waals surface area contributed by atoms with Gasteiger partial charge in [0, 0.05) is 43.8 Å². The molecule has 0 saturated heterocycles. The second-order valence-corrected chi connectivity index (χ2v) is 12.4. The van der Waals surface area contributed by atoms with Crippen molar-refractivity contribution in [3.63, 3.8) is 0 Å². The number of phenols is 2. The lowest BCUT2D eigenvalue weighted by molar-refractivity contribution is -0.121. The zero-order chi connectivity index (χ0) is 35.8. The lowest BCUT2D eigenvalue weighted by atomic mass is 9.84. The Balaban J connectivity index is 1.48. The smallest absolute Gasteiger partial charge is 0.342 e. The van der Waals surface area contributed by atoms with Crippen molar-refractivity contribution in [1.82, 2.24) is 14.9 Å². The second-order valence-electron chi connectivity index (χ2n) is 12.4. The molecule has 4 aromatic rings. The van der Waals surface area contributed by atoms with Crippen LogP contribution in [0.25, 0.3) is 17.1 Å². The number of cyclic esters (lactones) is 1. The second kappa shape index (κ2) is 16.2. The third kappa shape index (κ3) is 8.31. The number of carbonyl (C=O) groups excluding carboxylic acids is 3. The highest BCUT2D eigenvalue weighted by Crippen LogP contribution is 2.44. The predicted octanol–water partition coefficient (Wildman–Crippen LogP) is 4.93. The van der Waals surface area contributed by atoms with Gasteiger partial charge in [0.1, 0.15) is 28.6 Å². The van der Waals surface area contributed by atoms with Gasteiger partial charge in [-0.2, -0.15) is 0 Å². The fraction of sp³-hybridized carbons (Fsp3) is 0.342. The largest absolute Gasteiger partial charge is 0.507 e. The van der Waals surface area contributed by atoms with Crippen LogP contribution >= 0.6 is 0 Å². The van der Waals surface area contributed by atoms with Gasteiger partial charge in [0.25, 0.3) is 0 Å². The first kappa shape index (κ1) is 35.7. The van der Waals surface area contributed by atoms with E-state index in [-0.39, 0.29) is 47.7 Å². The van der Waals surface area contributed by atoms with Crippen LogP contribution in [0.2, 0.25) is 0 Å². The van der Waals surface area contributed by atoms with E-state index in [0.717, 1.165) is 0 Å². The summed E-state index contributed by atoms with van der Waals surface area (Å²) < 4.78 is 12.3. The third-order valence-electron chi connectivity index (χ3n) is 8.85. The van der Waals surface area contributed by atoms with Crippen molar-refractivity contribution in [3.8, 4) is 17.2 Å². The number of ketones is 1. The molecule has 1 aliphatic heterocycles. The maximum atomic E-state index is 13.6. The van der Waals surface area contributed by atoms with Crippen LogP contribution in [0.4, 0.5) is 0 Å². The highest BCUT2D eigenvalue weighted by Gasteiger charge is 2.31. The zero-order valence-corrected chi connectivity index (χ0v) is 28.1. The summed E-state index contributed by atoms with van der Waals surface area (Å²) in [4.78, 5) is 66.7. The molecule has 262 valence electrons. The molecule has 0 bridgehead atoms. The number of esters is 1. The van der Waals surface area contributed by atoms with Gasteiger partial charge in [-0.3, -0.25) is 19.2 Å². The number of benzene rings is 3. The van der Waals surface area contributed by atoms with Crippen LogP contribution in [0.1, 0.15) is 84.8 Å². The summed E-state index contributed by atoms with van der Waals surface area (Å²) in [7, 11) is 1.51. The number of aromatic nitrogens is 2. The van der Waals surface area contributed by atoms with Crippen LogP contribution < -0.4 is 21.2 Å². The lowest BCUT2D eigenvalue weighted by Gasteiger charge is -2.23. The molecule has 0 fully saturated rings. The Labute approximate surface area is 288 Å². The van der Waals surface area contributed by atoms with Crippen molar-refractivity contribution in [1.29, 1.82) is 0 Å². The number of allylic oxidation sites excluding steroid dienone is 1. The van der Waals surface area contributed by atoms with Crippen LogP contribution in [0.3, 0.4) is 0 Å². The first-order valence-corrected chi connectivity index (χ1v) is 16.7. The molecule has 1 aromatic heterocycles. The van der Waals surface area contributed by atoms with Gasteiger partial charge < -0.3 is 34.6 Å². The van der Waals surface area contributed by atoms with Gasteiger partial charge in [-0.25, -0.2) is 4.79 Å². The van der Waals surface area contributed by atoms with Gasteiger partial charge in [0.15, 0.2) is 0 Å². The van der Waals surface area contributed by atoms with E-state index in [4.69, 9.17) is 9.47 Å². The fourth-order valence-corrected chi connectivity index (χ4v) is 6.25. The number of nitrogens with one attached hydrogen (secondary N) is 2. The third-order valence-corrected chi connectivity index (χ3v) is 8.85. The van der Waals surface area contributed by atoms with Crippen molar-refractivity contribution in [2.24, 2.45) is 0 Å².